The molecule has 9 heteroatoms. The Balaban J connectivity index is 1.40. The van der Waals surface area contributed by atoms with Crippen LogP contribution in [-0.2, 0) is 22.7 Å². The molecule has 3 aromatic rings. The second-order valence-corrected chi connectivity index (χ2v) is 10.9. The lowest BCUT2D eigenvalue weighted by molar-refractivity contribution is -0.125. The van der Waals surface area contributed by atoms with E-state index in [2.05, 4.69) is 5.32 Å². The summed E-state index contributed by atoms with van der Waals surface area (Å²) in [5, 5.41) is 4.94. The van der Waals surface area contributed by atoms with Gasteiger partial charge in [0.15, 0.2) is 0 Å². The monoisotopic (exact) mass is 591 g/mol. The van der Waals surface area contributed by atoms with E-state index in [4.69, 9.17) is 51.1 Å². The predicted octanol–water partition coefficient (Wildman–Crippen LogP) is 7.53. The van der Waals surface area contributed by atoms with Crippen LogP contribution in [0.25, 0.3) is 0 Å². The van der Waals surface area contributed by atoms with E-state index in [9.17, 15) is 4.79 Å². The first-order valence-corrected chi connectivity index (χ1v) is 13.8. The lowest BCUT2D eigenvalue weighted by Crippen LogP contribution is -2.45. The number of alkyl halides is 1. The molecular weight excluding hydrogens is 564 g/mol. The summed E-state index contributed by atoms with van der Waals surface area (Å²) in [5.74, 6) is -0.102. The van der Waals surface area contributed by atoms with Crippen molar-refractivity contribution in [2.24, 2.45) is 0 Å². The maximum atomic E-state index is 12.9. The number of nitrogens with zero attached hydrogens (tertiary/aromatic N) is 2. The van der Waals surface area contributed by atoms with Crippen LogP contribution in [0.3, 0.4) is 0 Å². The third kappa shape index (κ3) is 7.16. The molecule has 200 valence electrons. The maximum absolute atomic E-state index is 12.9. The van der Waals surface area contributed by atoms with Crippen molar-refractivity contribution in [1.29, 1.82) is 0 Å². The van der Waals surface area contributed by atoms with E-state index in [1.54, 1.807) is 0 Å². The number of amides is 1. The van der Waals surface area contributed by atoms with E-state index >= 15 is 0 Å². The molecule has 1 aliphatic rings. The quantitative estimate of drug-likeness (QED) is 0.195. The zero-order valence-electron chi connectivity index (χ0n) is 21.1. The number of carbonyl (C=O) groups is 1. The van der Waals surface area contributed by atoms with E-state index in [-0.39, 0.29) is 5.91 Å². The number of carbonyl (C=O) groups excluding carboxylic acids is 1. The second kappa shape index (κ2) is 13.1. The number of nitrogens with one attached hydrogen (secondary N) is 1. The molecule has 1 heterocycles. The van der Waals surface area contributed by atoms with Crippen LogP contribution < -0.4 is 5.32 Å². The fraction of sp³-hybridized carbons (Fsp3) is 0.276. The van der Waals surface area contributed by atoms with Gasteiger partial charge in [-0.1, -0.05) is 82.8 Å². The molecule has 4 rings (SSSR count). The van der Waals surface area contributed by atoms with Crippen molar-refractivity contribution in [3.63, 3.8) is 0 Å². The van der Waals surface area contributed by atoms with Crippen LogP contribution in [0.15, 0.2) is 79.1 Å². The van der Waals surface area contributed by atoms with Crippen LogP contribution in [0, 0.1) is 6.92 Å². The fourth-order valence-corrected chi connectivity index (χ4v) is 5.04. The van der Waals surface area contributed by atoms with Crippen molar-refractivity contribution in [2.45, 2.75) is 44.6 Å². The number of halogens is 4. The van der Waals surface area contributed by atoms with Gasteiger partial charge in [-0.2, -0.15) is 0 Å². The molecule has 1 aliphatic heterocycles. The third-order valence-corrected chi connectivity index (χ3v) is 7.89. The Bertz CT molecular complexity index is 1250. The van der Waals surface area contributed by atoms with Gasteiger partial charge in [0.1, 0.15) is 17.6 Å². The van der Waals surface area contributed by atoms with E-state index in [0.29, 0.717) is 34.9 Å². The summed E-state index contributed by atoms with van der Waals surface area (Å²) in [6, 6.07) is 20.3. The first-order valence-electron chi connectivity index (χ1n) is 12.2. The molecule has 0 bridgehead atoms. The molecule has 0 aliphatic carbocycles. The Morgan fingerprint density at radius 1 is 0.947 bits per heavy atom. The number of hydrogen-bond acceptors (Lipinski definition) is 4. The van der Waals surface area contributed by atoms with Crippen LogP contribution in [0.2, 0.25) is 15.1 Å². The van der Waals surface area contributed by atoms with Gasteiger partial charge >= 0.3 is 0 Å². The first kappa shape index (κ1) is 28.6. The minimum Gasteiger partial charge on any atom is -0.365 e. The van der Waals surface area contributed by atoms with Gasteiger partial charge in [0.2, 0.25) is 5.91 Å². The molecular formula is C29H29Cl4N3O2. The highest BCUT2D eigenvalue weighted by atomic mass is 35.5. The summed E-state index contributed by atoms with van der Waals surface area (Å²) in [7, 11) is 0. The summed E-state index contributed by atoms with van der Waals surface area (Å²) < 4.78 is 6.32. The lowest BCUT2D eigenvalue weighted by atomic mass is 10.1. The highest BCUT2D eigenvalue weighted by molar-refractivity contribution is 6.31. The van der Waals surface area contributed by atoms with Gasteiger partial charge in [-0.05, 0) is 66.4 Å². The highest BCUT2D eigenvalue weighted by Crippen LogP contribution is 2.32. The largest absolute Gasteiger partial charge is 0.365 e. The van der Waals surface area contributed by atoms with Gasteiger partial charge in [0, 0.05) is 34.0 Å². The Morgan fingerprint density at radius 3 is 2.24 bits per heavy atom. The summed E-state index contributed by atoms with van der Waals surface area (Å²) in [6.45, 7) is 4.99. The molecule has 0 aromatic heterocycles. The topological polar surface area (TPSA) is 44.8 Å². The maximum Gasteiger partial charge on any atom is 0.242 e. The van der Waals surface area contributed by atoms with Crippen molar-refractivity contribution in [3.8, 4) is 0 Å². The average Bonchev–Trinajstić information content (AvgIpc) is 3.40. The molecule has 0 radical (unpaired) electrons. The molecule has 1 N–H and O–H groups in total. The van der Waals surface area contributed by atoms with Crippen molar-refractivity contribution < 1.29 is 9.53 Å². The van der Waals surface area contributed by atoms with Gasteiger partial charge in [-0.25, -0.2) is 0 Å². The Morgan fingerprint density at radius 2 is 1.58 bits per heavy atom. The van der Waals surface area contributed by atoms with Gasteiger partial charge in [0.05, 0.1) is 13.3 Å². The second-order valence-electron chi connectivity index (χ2n) is 9.18. The van der Waals surface area contributed by atoms with E-state index < -0.39 is 17.6 Å². The van der Waals surface area contributed by atoms with Crippen molar-refractivity contribution in [2.75, 3.05) is 6.67 Å². The van der Waals surface area contributed by atoms with Crippen molar-refractivity contribution in [3.05, 3.63) is 116 Å². The molecule has 5 nitrogen and oxygen atoms in total. The Kier molecular flexibility index (Phi) is 9.85. The third-order valence-electron chi connectivity index (χ3n) is 6.55. The van der Waals surface area contributed by atoms with E-state index in [0.717, 1.165) is 22.3 Å². The number of benzene rings is 3. The molecule has 3 aromatic carbocycles. The van der Waals surface area contributed by atoms with Crippen molar-refractivity contribution in [1.82, 2.24) is 15.1 Å². The minimum atomic E-state index is -0.536. The Hall–Kier alpha value is -2.41. The molecule has 0 saturated heterocycles. The fourth-order valence-electron chi connectivity index (χ4n) is 4.16. The minimum absolute atomic E-state index is 0.102. The van der Waals surface area contributed by atoms with Crippen LogP contribution in [-0.4, -0.2) is 33.9 Å². The Labute approximate surface area is 243 Å². The molecule has 38 heavy (non-hydrogen) atoms. The van der Waals surface area contributed by atoms with Crippen LogP contribution >= 0.6 is 46.4 Å². The molecule has 0 spiro atoms. The first-order chi connectivity index (χ1) is 18.2. The average molecular weight is 593 g/mol. The SMILES string of the molecule is Cc1cccc(Cl)c1CNC(=O)C(C)N1C=CN(C(Cl)C(OCc2ccc(Cl)cc2)c2ccc(Cl)cc2)C1. The van der Waals surface area contributed by atoms with Crippen molar-refractivity contribution >= 4 is 52.3 Å². The summed E-state index contributed by atoms with van der Waals surface area (Å²) in [6.07, 6.45) is 3.30. The molecule has 1 amide bonds. The van der Waals surface area contributed by atoms with Crippen LogP contribution in [0.5, 0.6) is 0 Å². The lowest BCUT2D eigenvalue weighted by Gasteiger charge is -2.33. The summed E-state index contributed by atoms with van der Waals surface area (Å²) in [4.78, 5) is 16.8. The number of aryl methyl sites for hydroxylation is 1. The standard InChI is InChI=1S/C29H29Cl4N3O2/c1-19-4-3-5-26(32)25(19)16-34-29(37)20(2)35-14-15-36(18-35)28(33)27(22-8-12-24(31)13-9-22)38-17-21-6-10-23(30)11-7-21/h3-15,20,27-28H,16-18H2,1-2H3,(H,34,37). The van der Waals surface area contributed by atoms with E-state index in [1.165, 1.54) is 0 Å². The van der Waals surface area contributed by atoms with Gasteiger partial charge in [0.25, 0.3) is 0 Å². The molecule has 0 fully saturated rings. The van der Waals surface area contributed by atoms with Gasteiger partial charge in [-0.3, -0.25) is 4.79 Å². The molecule has 0 saturated carbocycles. The van der Waals surface area contributed by atoms with E-state index in [1.807, 2.05) is 103 Å². The van der Waals surface area contributed by atoms with Crippen LogP contribution in [0.1, 0.15) is 35.3 Å². The zero-order chi connectivity index (χ0) is 27.2. The normalized spacial score (nSPS) is 15.4. The summed E-state index contributed by atoms with van der Waals surface area (Å²) >= 11 is 25.4. The predicted molar refractivity (Wildman–Crippen MR) is 155 cm³/mol. The van der Waals surface area contributed by atoms with Crippen LogP contribution in [0.4, 0.5) is 0 Å². The van der Waals surface area contributed by atoms with Gasteiger partial charge in [-0.15, -0.1) is 0 Å². The number of ether oxygens (including phenoxy) is 1. The summed E-state index contributed by atoms with van der Waals surface area (Å²) in [5.41, 5.74) is 3.30. The molecule has 3 unspecified atom stereocenters. The highest BCUT2D eigenvalue weighted by Gasteiger charge is 2.32. The smallest absolute Gasteiger partial charge is 0.242 e. The molecule has 3 atom stereocenters. The number of hydrogen-bond donors (Lipinski definition) is 1. The number of rotatable bonds is 10. The van der Waals surface area contributed by atoms with Gasteiger partial charge < -0.3 is 19.9 Å². The zero-order valence-corrected chi connectivity index (χ0v) is 24.1.